The van der Waals surface area contributed by atoms with Crippen molar-refractivity contribution in [1.82, 2.24) is 25.4 Å². The predicted molar refractivity (Wildman–Crippen MR) is 112 cm³/mol. The van der Waals surface area contributed by atoms with Crippen molar-refractivity contribution in [2.75, 3.05) is 38.1 Å². The van der Waals surface area contributed by atoms with Crippen LogP contribution in [0, 0.1) is 5.82 Å². The van der Waals surface area contributed by atoms with Crippen LogP contribution in [0.25, 0.3) is 11.4 Å². The van der Waals surface area contributed by atoms with Gasteiger partial charge < -0.3 is 15.1 Å². The lowest BCUT2D eigenvalue weighted by molar-refractivity contribution is 0.372. The summed E-state index contributed by atoms with van der Waals surface area (Å²) in [5.74, 6) is 1.44. The van der Waals surface area contributed by atoms with Crippen LogP contribution in [0.3, 0.4) is 0 Å². The number of benzene rings is 2. The van der Waals surface area contributed by atoms with Gasteiger partial charge in [0.1, 0.15) is 12.1 Å². The first kappa shape index (κ1) is 18.9. The van der Waals surface area contributed by atoms with Crippen LogP contribution in [-0.2, 0) is 6.54 Å². The molecule has 0 amide bonds. The molecule has 0 spiro atoms. The van der Waals surface area contributed by atoms with Crippen LogP contribution in [-0.4, -0.2) is 59.3 Å². The largest absolute Gasteiger partial charge is 0.368 e. The summed E-state index contributed by atoms with van der Waals surface area (Å²) < 4.78 is 13.1. The number of nitrogens with one attached hydrogen (secondary N) is 2. The third-order valence-corrected chi connectivity index (χ3v) is 5.05. The molecular formula is C21H24FN7. The Kier molecular flexibility index (Phi) is 5.69. The smallest absolute Gasteiger partial charge is 0.194 e. The van der Waals surface area contributed by atoms with Crippen LogP contribution < -0.4 is 10.2 Å². The zero-order valence-corrected chi connectivity index (χ0v) is 16.3. The first-order valence-electron chi connectivity index (χ1n) is 9.64. The molecule has 3 aromatic rings. The van der Waals surface area contributed by atoms with Gasteiger partial charge in [0.25, 0.3) is 0 Å². The Morgan fingerprint density at radius 2 is 1.93 bits per heavy atom. The van der Waals surface area contributed by atoms with Gasteiger partial charge in [0.15, 0.2) is 11.8 Å². The van der Waals surface area contributed by atoms with Gasteiger partial charge in [0, 0.05) is 51.0 Å². The number of aliphatic imine (C=N–C) groups is 1. The Morgan fingerprint density at radius 1 is 1.14 bits per heavy atom. The van der Waals surface area contributed by atoms with Crippen molar-refractivity contribution >= 4 is 11.6 Å². The van der Waals surface area contributed by atoms with Crippen molar-refractivity contribution in [3.05, 3.63) is 66.2 Å². The maximum absolute atomic E-state index is 13.1. The fourth-order valence-electron chi connectivity index (χ4n) is 3.51. The highest BCUT2D eigenvalue weighted by atomic mass is 19.1. The van der Waals surface area contributed by atoms with Crippen molar-refractivity contribution in [1.29, 1.82) is 0 Å². The van der Waals surface area contributed by atoms with Crippen molar-refractivity contribution in [3.8, 4) is 11.4 Å². The van der Waals surface area contributed by atoms with Gasteiger partial charge in [-0.25, -0.2) is 9.37 Å². The predicted octanol–water partition coefficient (Wildman–Crippen LogP) is 2.51. The zero-order chi connectivity index (χ0) is 20.1. The van der Waals surface area contributed by atoms with E-state index >= 15 is 0 Å². The van der Waals surface area contributed by atoms with Gasteiger partial charge >= 0.3 is 0 Å². The third-order valence-electron chi connectivity index (χ3n) is 5.05. The van der Waals surface area contributed by atoms with Gasteiger partial charge in [0.2, 0.25) is 0 Å². The Labute approximate surface area is 169 Å². The van der Waals surface area contributed by atoms with E-state index in [2.05, 4.69) is 47.4 Å². The van der Waals surface area contributed by atoms with E-state index in [0.717, 1.165) is 54.8 Å². The van der Waals surface area contributed by atoms with E-state index in [1.807, 2.05) is 24.3 Å². The molecule has 0 atom stereocenters. The van der Waals surface area contributed by atoms with Gasteiger partial charge in [-0.1, -0.05) is 18.2 Å². The number of rotatable bonds is 4. The van der Waals surface area contributed by atoms with Crippen molar-refractivity contribution in [3.63, 3.8) is 0 Å². The molecule has 0 bridgehead atoms. The summed E-state index contributed by atoms with van der Waals surface area (Å²) in [6.07, 6.45) is 1.51. The van der Waals surface area contributed by atoms with Crippen LogP contribution >= 0.6 is 0 Å². The van der Waals surface area contributed by atoms with Crippen molar-refractivity contribution in [2.24, 2.45) is 4.99 Å². The average molecular weight is 393 g/mol. The summed E-state index contributed by atoms with van der Waals surface area (Å²) in [5.41, 5.74) is 3.20. The number of H-pyrrole nitrogens is 1. The molecule has 0 saturated carbocycles. The molecule has 4 rings (SSSR count). The Morgan fingerprint density at radius 3 is 2.62 bits per heavy atom. The number of guanidine groups is 1. The minimum Gasteiger partial charge on any atom is -0.368 e. The summed E-state index contributed by atoms with van der Waals surface area (Å²) in [5, 5.41) is 10.3. The molecule has 0 radical (unpaired) electrons. The van der Waals surface area contributed by atoms with Crippen LogP contribution in [0.1, 0.15) is 5.56 Å². The van der Waals surface area contributed by atoms with Gasteiger partial charge in [0.05, 0.1) is 0 Å². The molecule has 0 aliphatic carbocycles. The monoisotopic (exact) mass is 393 g/mol. The molecule has 1 saturated heterocycles. The van der Waals surface area contributed by atoms with E-state index in [1.165, 1.54) is 18.5 Å². The molecule has 1 fully saturated rings. The van der Waals surface area contributed by atoms with Crippen LogP contribution in [0.4, 0.5) is 10.1 Å². The fourth-order valence-corrected chi connectivity index (χ4v) is 3.51. The lowest BCUT2D eigenvalue weighted by atomic mass is 10.1. The summed E-state index contributed by atoms with van der Waals surface area (Å²) in [4.78, 5) is 13.2. The number of nitrogens with zero attached hydrogens (tertiary/aromatic N) is 5. The molecule has 1 aliphatic heterocycles. The normalized spacial score (nSPS) is 14.9. The van der Waals surface area contributed by atoms with E-state index < -0.39 is 0 Å². The summed E-state index contributed by atoms with van der Waals surface area (Å²) in [6.45, 7) is 4.12. The number of halogens is 1. The van der Waals surface area contributed by atoms with E-state index in [9.17, 15) is 4.39 Å². The van der Waals surface area contributed by atoms with Gasteiger partial charge in [-0.3, -0.25) is 10.1 Å². The Hall–Kier alpha value is -3.42. The van der Waals surface area contributed by atoms with E-state index in [0.29, 0.717) is 6.54 Å². The van der Waals surface area contributed by atoms with Crippen molar-refractivity contribution in [2.45, 2.75) is 6.54 Å². The lowest BCUT2D eigenvalue weighted by Crippen LogP contribution is -2.52. The Balaban J connectivity index is 1.33. The van der Waals surface area contributed by atoms with Gasteiger partial charge in [-0.15, -0.1) is 0 Å². The second-order valence-electron chi connectivity index (χ2n) is 6.89. The van der Waals surface area contributed by atoms with E-state index in [-0.39, 0.29) is 5.82 Å². The first-order chi connectivity index (χ1) is 14.2. The van der Waals surface area contributed by atoms with Gasteiger partial charge in [-0.2, -0.15) is 5.10 Å². The molecule has 2 heterocycles. The molecule has 7 nitrogen and oxygen atoms in total. The van der Waals surface area contributed by atoms with E-state index in [1.54, 1.807) is 7.05 Å². The van der Waals surface area contributed by atoms with Crippen LogP contribution in [0.15, 0.2) is 59.9 Å². The fraction of sp³-hybridized carbons (Fsp3) is 0.286. The highest BCUT2D eigenvalue weighted by Gasteiger charge is 2.19. The van der Waals surface area contributed by atoms with Crippen LogP contribution in [0.2, 0.25) is 0 Å². The summed E-state index contributed by atoms with van der Waals surface area (Å²) in [6, 6.07) is 14.9. The van der Waals surface area contributed by atoms with Crippen molar-refractivity contribution < 1.29 is 4.39 Å². The number of hydrogen-bond acceptors (Lipinski definition) is 4. The van der Waals surface area contributed by atoms with E-state index in [4.69, 9.17) is 0 Å². The SMILES string of the molecule is CN=C(NCc1cccc(-c2ncn[nH]2)c1)N1CCN(c2ccc(F)cc2)CC1. The standard InChI is InChI=1S/C21H24FN7/c1-23-21(24-14-16-3-2-4-17(13-16)20-25-15-26-27-20)29-11-9-28(10-12-29)19-7-5-18(22)6-8-19/h2-8,13,15H,9-12,14H2,1H3,(H,23,24)(H,25,26,27). The molecule has 1 aromatic heterocycles. The number of aromatic nitrogens is 3. The quantitative estimate of drug-likeness (QED) is 0.526. The zero-order valence-electron chi connectivity index (χ0n) is 16.3. The first-order valence-corrected chi connectivity index (χ1v) is 9.64. The molecule has 2 N–H and O–H groups in total. The topological polar surface area (TPSA) is 72.4 Å². The molecule has 29 heavy (non-hydrogen) atoms. The molecule has 1 aliphatic rings. The molecule has 150 valence electrons. The highest BCUT2D eigenvalue weighted by Crippen LogP contribution is 2.18. The van der Waals surface area contributed by atoms with Crippen LogP contribution in [0.5, 0.6) is 0 Å². The molecule has 8 heteroatoms. The number of anilines is 1. The molecular weight excluding hydrogens is 369 g/mol. The minimum absolute atomic E-state index is 0.204. The maximum atomic E-state index is 13.1. The second kappa shape index (κ2) is 8.72. The second-order valence-corrected chi connectivity index (χ2v) is 6.89. The Bertz CT molecular complexity index is 945. The summed E-state index contributed by atoms with van der Waals surface area (Å²) >= 11 is 0. The number of aromatic amines is 1. The number of hydrogen-bond donors (Lipinski definition) is 2. The third kappa shape index (κ3) is 4.53. The highest BCUT2D eigenvalue weighted by molar-refractivity contribution is 5.80. The average Bonchev–Trinajstić information content (AvgIpc) is 3.31. The van der Waals surface area contributed by atoms with Gasteiger partial charge in [-0.05, 0) is 35.9 Å². The minimum atomic E-state index is -0.204. The molecule has 2 aromatic carbocycles. The molecule has 0 unspecified atom stereocenters. The lowest BCUT2D eigenvalue weighted by Gasteiger charge is -2.37. The number of piperazine rings is 1. The summed E-state index contributed by atoms with van der Waals surface area (Å²) in [7, 11) is 1.81. The maximum Gasteiger partial charge on any atom is 0.194 e.